The van der Waals surface area contributed by atoms with E-state index in [1.54, 1.807) is 7.48 Å². The summed E-state index contributed by atoms with van der Waals surface area (Å²) in [6.07, 6.45) is -1.36. The summed E-state index contributed by atoms with van der Waals surface area (Å²) in [6, 6.07) is 11.4. The summed E-state index contributed by atoms with van der Waals surface area (Å²) in [7, 11) is 1.60. The van der Waals surface area contributed by atoms with Gasteiger partial charge in [0, 0.05) is 20.8 Å². The molecule has 12 heteroatoms. The normalized spacial score (nSPS) is 20.1. The van der Waals surface area contributed by atoms with Crippen molar-refractivity contribution in [3.63, 3.8) is 0 Å². The number of hydrogen-bond donors (Lipinski definition) is 2. The Kier molecular flexibility index (Phi) is 11.7. The van der Waals surface area contributed by atoms with E-state index in [0.717, 1.165) is 18.1 Å². The average molecular weight is 700 g/mol. The Morgan fingerprint density at radius 1 is 1.20 bits per heavy atom. The van der Waals surface area contributed by atoms with Gasteiger partial charge >= 0.3 is 13.7 Å². The van der Waals surface area contributed by atoms with Gasteiger partial charge in [0.05, 0.1) is 23.8 Å². The molecule has 41 heavy (non-hydrogen) atoms. The van der Waals surface area contributed by atoms with Crippen LogP contribution in [0.1, 0.15) is 74.4 Å². The number of carbonyl (C=O) groups excluding carboxylic acids is 2. The molecule has 2 aromatic carbocycles. The fraction of sp³-hybridized carbons (Fsp3) is 0.483. The van der Waals surface area contributed by atoms with Crippen molar-refractivity contribution < 1.29 is 27.4 Å². The molecule has 2 N–H and O–H groups in total. The smallest absolute Gasteiger partial charge is 0.417 e. The average Bonchev–Trinajstić information content (AvgIpc) is 3.63. The maximum Gasteiger partial charge on any atom is 0.417 e. The first-order valence-electron chi connectivity index (χ1n) is 13.5. The third-order valence-electron chi connectivity index (χ3n) is 6.68. The molecule has 2 unspecified atom stereocenters. The SMILES string of the molecule is CCC=NCC(C)O[B][C@H](CC(C)C)NC(=O)[C@]1(NC(=O)c2cc(Br)cc(C(F)(F)F)c2Br)CC1c1ccccc1. The van der Waals surface area contributed by atoms with Crippen molar-refractivity contribution in [2.45, 2.75) is 76.6 Å². The van der Waals surface area contributed by atoms with Crippen molar-refractivity contribution in [2.75, 3.05) is 6.54 Å². The Balaban J connectivity index is 1.87. The molecule has 2 amide bonds. The van der Waals surface area contributed by atoms with Crippen molar-refractivity contribution in [1.82, 2.24) is 10.6 Å². The molecule has 1 aliphatic rings. The Hall–Kier alpha value is -2.18. The molecular formula is C29H34BBr2F3N3O3. The van der Waals surface area contributed by atoms with Gasteiger partial charge in [-0.1, -0.05) is 67.0 Å². The van der Waals surface area contributed by atoms with Crippen molar-refractivity contribution in [1.29, 1.82) is 0 Å². The molecule has 4 atom stereocenters. The van der Waals surface area contributed by atoms with Crippen LogP contribution in [0.15, 0.2) is 56.4 Å². The van der Waals surface area contributed by atoms with Gasteiger partial charge in [-0.25, -0.2) is 0 Å². The topological polar surface area (TPSA) is 79.8 Å². The van der Waals surface area contributed by atoms with Crippen LogP contribution in [0.4, 0.5) is 13.2 Å². The molecule has 0 aromatic heterocycles. The zero-order chi connectivity index (χ0) is 30.4. The van der Waals surface area contributed by atoms with Crippen LogP contribution in [0.2, 0.25) is 0 Å². The van der Waals surface area contributed by atoms with Crippen LogP contribution in [-0.2, 0) is 15.6 Å². The number of alkyl halides is 3. The Labute approximate surface area is 256 Å². The second-order valence-corrected chi connectivity index (χ2v) is 12.4. The van der Waals surface area contributed by atoms with Crippen LogP contribution in [0.25, 0.3) is 0 Å². The van der Waals surface area contributed by atoms with Crippen LogP contribution < -0.4 is 10.6 Å². The number of nitrogens with zero attached hydrogens (tertiary/aromatic N) is 1. The van der Waals surface area contributed by atoms with E-state index in [2.05, 4.69) is 47.5 Å². The zero-order valence-corrected chi connectivity index (χ0v) is 26.6. The standard InChI is InChI=1S/C29H34BBr2F3N3O3/c1-5-11-36-16-18(4)41-30-24(12-17(2)3)37-27(40)28(15-23(28)19-9-7-6-8-10-19)38-26(39)21-13-20(31)14-22(25(21)32)29(33,34)35/h6-11,13-14,17-18,23-24H,5,12,15-16H2,1-4H3,(H,37,40)(H,38,39)/t18?,23?,24-,28-/m0/s1. The predicted molar refractivity (Wildman–Crippen MR) is 162 cm³/mol. The molecule has 0 spiro atoms. The number of halogens is 5. The number of amides is 2. The van der Waals surface area contributed by atoms with Crippen molar-refractivity contribution in [3.05, 3.63) is 68.1 Å². The number of benzene rings is 2. The van der Waals surface area contributed by atoms with Gasteiger partial charge in [0.15, 0.2) is 0 Å². The monoisotopic (exact) mass is 698 g/mol. The van der Waals surface area contributed by atoms with Crippen LogP contribution in [0.5, 0.6) is 0 Å². The highest BCUT2D eigenvalue weighted by molar-refractivity contribution is 9.11. The van der Waals surface area contributed by atoms with E-state index in [1.807, 2.05) is 64.2 Å². The lowest BCUT2D eigenvalue weighted by Gasteiger charge is -2.26. The first-order chi connectivity index (χ1) is 19.3. The van der Waals surface area contributed by atoms with Gasteiger partial charge in [-0.3, -0.25) is 14.6 Å². The lowest BCUT2D eigenvalue weighted by atomic mass is 9.81. The third kappa shape index (κ3) is 8.91. The molecular weight excluding hydrogens is 666 g/mol. The van der Waals surface area contributed by atoms with Gasteiger partial charge in [0.2, 0.25) is 5.91 Å². The first-order valence-corrected chi connectivity index (χ1v) is 15.1. The third-order valence-corrected chi connectivity index (χ3v) is 8.00. The van der Waals surface area contributed by atoms with Crippen LogP contribution >= 0.6 is 31.9 Å². The first kappa shape index (κ1) is 33.3. The van der Waals surface area contributed by atoms with Crippen molar-refractivity contribution in [2.24, 2.45) is 10.9 Å². The van der Waals surface area contributed by atoms with Crippen LogP contribution in [0, 0.1) is 5.92 Å². The number of nitrogens with one attached hydrogen (secondary N) is 2. The van der Waals surface area contributed by atoms with E-state index in [0.29, 0.717) is 19.4 Å². The van der Waals surface area contributed by atoms with E-state index in [9.17, 15) is 22.8 Å². The minimum absolute atomic E-state index is 0.0909. The van der Waals surface area contributed by atoms with Gasteiger partial charge in [0.1, 0.15) is 5.54 Å². The molecule has 2 aromatic rings. The van der Waals surface area contributed by atoms with Crippen LogP contribution in [-0.4, -0.2) is 49.6 Å². The maximum absolute atomic E-state index is 13.9. The summed E-state index contributed by atoms with van der Waals surface area (Å²) in [5.74, 6) is -1.81. The molecule has 1 radical (unpaired) electrons. The number of aliphatic imine (C=N–C) groups is 1. The Morgan fingerprint density at radius 3 is 2.49 bits per heavy atom. The molecule has 0 saturated heterocycles. The highest BCUT2D eigenvalue weighted by atomic mass is 79.9. The van der Waals surface area contributed by atoms with Gasteiger partial charge in [-0.2, -0.15) is 13.2 Å². The van der Waals surface area contributed by atoms with Crippen LogP contribution in [0.3, 0.4) is 0 Å². The number of rotatable bonds is 13. The fourth-order valence-corrected chi connectivity index (χ4v) is 5.70. The van der Waals surface area contributed by atoms with E-state index in [1.165, 1.54) is 6.07 Å². The summed E-state index contributed by atoms with van der Waals surface area (Å²) < 4.78 is 46.4. The van der Waals surface area contributed by atoms with E-state index >= 15 is 0 Å². The van der Waals surface area contributed by atoms with E-state index in [4.69, 9.17) is 4.65 Å². The molecule has 0 aliphatic heterocycles. The molecule has 0 bridgehead atoms. The minimum atomic E-state index is -4.68. The highest BCUT2D eigenvalue weighted by Gasteiger charge is 2.62. The molecule has 6 nitrogen and oxygen atoms in total. The van der Waals surface area contributed by atoms with Gasteiger partial charge in [-0.15, -0.1) is 0 Å². The lowest BCUT2D eigenvalue weighted by molar-refractivity contribution is -0.138. The van der Waals surface area contributed by atoms with Gasteiger partial charge in [-0.05, 0) is 71.9 Å². The van der Waals surface area contributed by atoms with E-state index in [-0.39, 0.29) is 28.0 Å². The summed E-state index contributed by atoms with van der Waals surface area (Å²) in [4.78, 5) is 31.7. The molecule has 0 heterocycles. The molecule has 1 fully saturated rings. The minimum Gasteiger partial charge on any atom is -0.434 e. The van der Waals surface area contributed by atoms with Crippen molar-refractivity contribution in [3.8, 4) is 0 Å². The van der Waals surface area contributed by atoms with Gasteiger partial charge < -0.3 is 15.3 Å². The van der Waals surface area contributed by atoms with Gasteiger partial charge in [0.25, 0.3) is 5.91 Å². The second-order valence-electron chi connectivity index (χ2n) is 10.7. The lowest BCUT2D eigenvalue weighted by Crippen LogP contribution is -2.54. The number of hydrogen-bond acceptors (Lipinski definition) is 4. The molecule has 221 valence electrons. The quantitative estimate of drug-likeness (QED) is 0.177. The Morgan fingerprint density at radius 2 is 1.88 bits per heavy atom. The van der Waals surface area contributed by atoms with E-state index < -0.39 is 39.5 Å². The Bertz CT molecular complexity index is 1250. The fourth-order valence-electron chi connectivity index (χ4n) is 4.60. The maximum atomic E-state index is 13.9. The largest absolute Gasteiger partial charge is 0.434 e. The summed E-state index contributed by atoms with van der Waals surface area (Å²) in [5.41, 5.74) is -1.73. The molecule has 3 rings (SSSR count). The van der Waals surface area contributed by atoms with Crippen molar-refractivity contribution >= 4 is 57.4 Å². The number of carbonyl (C=O) groups is 2. The highest BCUT2D eigenvalue weighted by Crippen LogP contribution is 2.52. The second kappa shape index (κ2) is 14.3. The summed E-state index contributed by atoms with van der Waals surface area (Å²) in [5, 5.41) is 5.81. The zero-order valence-electron chi connectivity index (χ0n) is 23.4. The summed E-state index contributed by atoms with van der Waals surface area (Å²) in [6.45, 7) is 8.40. The molecule has 1 aliphatic carbocycles. The predicted octanol–water partition coefficient (Wildman–Crippen LogP) is 6.88. The summed E-state index contributed by atoms with van der Waals surface area (Å²) >= 11 is 6.05. The molecule has 1 saturated carbocycles.